The largest absolute Gasteiger partial charge is 0.463 e. The number of nitro benzene ring substituents is 1. The fourth-order valence-electron chi connectivity index (χ4n) is 1.30. The summed E-state index contributed by atoms with van der Waals surface area (Å²) in [5.41, 5.74) is 0.452. The van der Waals surface area contributed by atoms with Crippen molar-refractivity contribution in [2.75, 3.05) is 6.61 Å². The minimum Gasteiger partial charge on any atom is -0.463 e. The number of non-ortho nitro benzene ring substituents is 1. The SMILES string of the molecule is CCOc1nnnn1-c1cccc([N+](=O)[O-])c1. The first-order chi connectivity index (χ1) is 8.22. The van der Waals surface area contributed by atoms with Gasteiger partial charge in [0.25, 0.3) is 5.69 Å². The first kappa shape index (κ1) is 11.0. The maximum atomic E-state index is 10.6. The molecule has 0 saturated heterocycles. The smallest absolute Gasteiger partial charge is 0.340 e. The standard InChI is InChI=1S/C9H9N5O3/c1-2-17-9-10-11-12-13(9)7-4-3-5-8(6-7)14(15)16/h3-6H,2H2,1H3. The highest BCUT2D eigenvalue weighted by Gasteiger charge is 2.12. The quantitative estimate of drug-likeness (QED) is 0.578. The molecule has 8 nitrogen and oxygen atoms in total. The van der Waals surface area contributed by atoms with Crippen LogP contribution in [0.3, 0.4) is 0 Å². The zero-order valence-corrected chi connectivity index (χ0v) is 8.98. The Hall–Kier alpha value is -2.51. The van der Waals surface area contributed by atoms with Crippen LogP contribution in [0.25, 0.3) is 5.69 Å². The Morgan fingerprint density at radius 1 is 1.53 bits per heavy atom. The molecular formula is C9H9N5O3. The lowest BCUT2D eigenvalue weighted by atomic mass is 10.3. The van der Waals surface area contributed by atoms with Crippen molar-refractivity contribution in [2.24, 2.45) is 0 Å². The molecule has 0 N–H and O–H groups in total. The minimum atomic E-state index is -0.478. The van der Waals surface area contributed by atoms with E-state index in [0.717, 1.165) is 0 Å². The van der Waals surface area contributed by atoms with E-state index in [0.29, 0.717) is 12.3 Å². The lowest BCUT2D eigenvalue weighted by Gasteiger charge is -2.03. The molecule has 2 aromatic rings. The van der Waals surface area contributed by atoms with Gasteiger partial charge in [0.05, 0.1) is 17.2 Å². The predicted molar refractivity (Wildman–Crippen MR) is 57.0 cm³/mol. The zero-order chi connectivity index (χ0) is 12.3. The van der Waals surface area contributed by atoms with Crippen molar-refractivity contribution >= 4 is 5.69 Å². The highest BCUT2D eigenvalue weighted by Crippen LogP contribution is 2.18. The molecule has 1 aromatic carbocycles. The number of rotatable bonds is 4. The molecule has 2 rings (SSSR count). The number of nitrogens with zero attached hydrogens (tertiary/aromatic N) is 5. The second-order valence-corrected chi connectivity index (χ2v) is 3.08. The highest BCUT2D eigenvalue weighted by molar-refractivity contribution is 5.43. The summed E-state index contributed by atoms with van der Waals surface area (Å²) in [5.74, 6) is 0. The van der Waals surface area contributed by atoms with E-state index in [-0.39, 0.29) is 11.7 Å². The Morgan fingerprint density at radius 2 is 2.35 bits per heavy atom. The van der Waals surface area contributed by atoms with Crippen LogP contribution >= 0.6 is 0 Å². The molecule has 1 heterocycles. The van der Waals surface area contributed by atoms with Crippen molar-refractivity contribution in [1.82, 2.24) is 20.2 Å². The Balaban J connectivity index is 2.42. The summed E-state index contributed by atoms with van der Waals surface area (Å²) in [5, 5.41) is 21.5. The monoisotopic (exact) mass is 235 g/mol. The number of ether oxygens (including phenoxy) is 1. The fraction of sp³-hybridized carbons (Fsp3) is 0.222. The molecule has 0 aliphatic rings. The molecular weight excluding hydrogens is 226 g/mol. The number of nitro groups is 1. The van der Waals surface area contributed by atoms with Gasteiger partial charge in [-0.25, -0.2) is 0 Å². The van der Waals surface area contributed by atoms with E-state index in [2.05, 4.69) is 15.5 Å². The van der Waals surface area contributed by atoms with Gasteiger partial charge in [-0.3, -0.25) is 10.1 Å². The van der Waals surface area contributed by atoms with Gasteiger partial charge in [0, 0.05) is 12.1 Å². The van der Waals surface area contributed by atoms with Crippen LogP contribution in [-0.2, 0) is 0 Å². The molecule has 1 aromatic heterocycles. The summed E-state index contributed by atoms with van der Waals surface area (Å²) >= 11 is 0. The normalized spacial score (nSPS) is 10.2. The van der Waals surface area contributed by atoms with Gasteiger partial charge >= 0.3 is 6.01 Å². The van der Waals surface area contributed by atoms with E-state index < -0.39 is 4.92 Å². The molecule has 88 valence electrons. The number of benzene rings is 1. The van der Waals surface area contributed by atoms with E-state index >= 15 is 0 Å². The number of hydrogen-bond acceptors (Lipinski definition) is 6. The van der Waals surface area contributed by atoms with E-state index in [1.807, 2.05) is 0 Å². The van der Waals surface area contributed by atoms with Crippen LogP contribution in [0.15, 0.2) is 24.3 Å². The number of hydrogen-bond donors (Lipinski definition) is 0. The Bertz CT molecular complexity index is 539. The summed E-state index contributed by atoms with van der Waals surface area (Å²) in [7, 11) is 0. The van der Waals surface area contributed by atoms with Crippen LogP contribution in [0.2, 0.25) is 0 Å². The van der Waals surface area contributed by atoms with Crippen molar-refractivity contribution in [1.29, 1.82) is 0 Å². The molecule has 0 saturated carbocycles. The third kappa shape index (κ3) is 2.19. The molecule has 0 fully saturated rings. The van der Waals surface area contributed by atoms with Gasteiger partial charge in [-0.15, -0.1) is 0 Å². The van der Waals surface area contributed by atoms with Gasteiger partial charge < -0.3 is 4.74 Å². The summed E-state index contributed by atoms with van der Waals surface area (Å²) in [6.45, 7) is 2.21. The van der Waals surface area contributed by atoms with Crippen LogP contribution in [0.4, 0.5) is 5.69 Å². The van der Waals surface area contributed by atoms with Crippen LogP contribution in [0, 0.1) is 10.1 Å². The van der Waals surface area contributed by atoms with E-state index in [9.17, 15) is 10.1 Å². The topological polar surface area (TPSA) is 96.0 Å². The van der Waals surface area contributed by atoms with Crippen molar-refractivity contribution in [3.63, 3.8) is 0 Å². The fourth-order valence-corrected chi connectivity index (χ4v) is 1.30. The van der Waals surface area contributed by atoms with Crippen LogP contribution in [0.5, 0.6) is 6.01 Å². The van der Waals surface area contributed by atoms with Crippen LogP contribution < -0.4 is 4.74 Å². The van der Waals surface area contributed by atoms with E-state index in [1.54, 1.807) is 19.1 Å². The second-order valence-electron chi connectivity index (χ2n) is 3.08. The molecule has 17 heavy (non-hydrogen) atoms. The van der Waals surface area contributed by atoms with Gasteiger partial charge in [-0.05, 0) is 23.4 Å². The van der Waals surface area contributed by atoms with Gasteiger partial charge in [0.15, 0.2) is 0 Å². The maximum absolute atomic E-state index is 10.6. The zero-order valence-electron chi connectivity index (χ0n) is 8.98. The van der Waals surface area contributed by atoms with Gasteiger partial charge in [-0.1, -0.05) is 11.2 Å². The van der Waals surface area contributed by atoms with Crippen LogP contribution in [0.1, 0.15) is 6.92 Å². The molecule has 0 aliphatic carbocycles. The van der Waals surface area contributed by atoms with Gasteiger partial charge in [-0.2, -0.15) is 4.68 Å². The average Bonchev–Trinajstić information content (AvgIpc) is 2.78. The molecule has 0 radical (unpaired) electrons. The van der Waals surface area contributed by atoms with Gasteiger partial charge in [0.1, 0.15) is 0 Å². The Labute approximate surface area is 96.0 Å². The highest BCUT2D eigenvalue weighted by atomic mass is 16.6. The lowest BCUT2D eigenvalue weighted by molar-refractivity contribution is -0.384. The first-order valence-corrected chi connectivity index (χ1v) is 4.88. The number of tetrazole rings is 1. The van der Waals surface area contributed by atoms with E-state index in [4.69, 9.17) is 4.74 Å². The minimum absolute atomic E-state index is 0.0274. The molecule has 0 atom stereocenters. The molecule has 0 unspecified atom stereocenters. The predicted octanol–water partition coefficient (Wildman–Crippen LogP) is 0.969. The Morgan fingerprint density at radius 3 is 3.06 bits per heavy atom. The molecule has 0 aliphatic heterocycles. The summed E-state index contributed by atoms with van der Waals surface area (Å²) in [6, 6.07) is 6.19. The molecule has 0 bridgehead atoms. The van der Waals surface area contributed by atoms with Crippen molar-refractivity contribution in [2.45, 2.75) is 6.92 Å². The molecule has 0 amide bonds. The van der Waals surface area contributed by atoms with Gasteiger partial charge in [0.2, 0.25) is 0 Å². The third-order valence-electron chi connectivity index (χ3n) is 2.00. The third-order valence-corrected chi connectivity index (χ3v) is 2.00. The molecule has 0 spiro atoms. The van der Waals surface area contributed by atoms with Crippen molar-refractivity contribution in [3.05, 3.63) is 34.4 Å². The number of aromatic nitrogens is 4. The maximum Gasteiger partial charge on any atom is 0.340 e. The second kappa shape index (κ2) is 4.56. The van der Waals surface area contributed by atoms with Crippen LogP contribution in [-0.4, -0.2) is 31.7 Å². The van der Waals surface area contributed by atoms with Crippen molar-refractivity contribution < 1.29 is 9.66 Å². The average molecular weight is 235 g/mol. The molecule has 8 heteroatoms. The van der Waals surface area contributed by atoms with Crippen molar-refractivity contribution in [3.8, 4) is 11.7 Å². The Kier molecular flexibility index (Phi) is 2.95. The van der Waals surface area contributed by atoms with E-state index in [1.165, 1.54) is 16.8 Å². The lowest BCUT2D eigenvalue weighted by Crippen LogP contribution is -2.03. The summed E-state index contributed by atoms with van der Waals surface area (Å²) < 4.78 is 6.49. The summed E-state index contributed by atoms with van der Waals surface area (Å²) in [4.78, 5) is 10.2. The first-order valence-electron chi connectivity index (χ1n) is 4.88. The summed E-state index contributed by atoms with van der Waals surface area (Å²) in [6.07, 6.45) is 0.